The normalized spacial score (nSPS) is 12.6. The molecule has 4 nitrogen and oxygen atoms in total. The molecule has 0 aliphatic carbocycles. The summed E-state index contributed by atoms with van der Waals surface area (Å²) in [5.74, 6) is 5.68. The third-order valence-electron chi connectivity index (χ3n) is 3.45. The topological polar surface area (TPSA) is 55.9 Å². The van der Waals surface area contributed by atoms with Crippen LogP contribution in [0, 0.1) is 6.92 Å². The van der Waals surface area contributed by atoms with Gasteiger partial charge in [0.1, 0.15) is 0 Å². The summed E-state index contributed by atoms with van der Waals surface area (Å²) in [4.78, 5) is 0. The maximum absolute atomic E-state index is 5.68. The van der Waals surface area contributed by atoms with E-state index < -0.39 is 0 Å². The molecule has 1 aromatic carbocycles. The number of hydrogen-bond donors (Lipinski definition) is 2. The van der Waals surface area contributed by atoms with Gasteiger partial charge in [0.2, 0.25) is 0 Å². The number of nitrogens with zero attached hydrogens (tertiary/aromatic N) is 2. The molecular weight excluding hydrogens is 236 g/mol. The van der Waals surface area contributed by atoms with E-state index in [9.17, 15) is 0 Å². The van der Waals surface area contributed by atoms with Gasteiger partial charge in [0.25, 0.3) is 0 Å². The van der Waals surface area contributed by atoms with Gasteiger partial charge in [-0.3, -0.25) is 16.0 Å². The number of rotatable bonds is 6. The lowest BCUT2D eigenvalue weighted by Crippen LogP contribution is -2.30. The Morgan fingerprint density at radius 2 is 2.00 bits per heavy atom. The minimum absolute atomic E-state index is 0.142. The molecule has 1 unspecified atom stereocenters. The number of hydrogen-bond acceptors (Lipinski definition) is 3. The number of aryl methyl sites for hydroxylation is 3. The summed E-state index contributed by atoms with van der Waals surface area (Å²) in [6.07, 6.45) is 3.80. The Hall–Kier alpha value is -1.65. The Morgan fingerprint density at radius 3 is 2.63 bits per heavy atom. The molecule has 1 aromatic heterocycles. The van der Waals surface area contributed by atoms with Crippen LogP contribution in [0.25, 0.3) is 0 Å². The second kappa shape index (κ2) is 6.50. The highest BCUT2D eigenvalue weighted by Gasteiger charge is 2.13. The highest BCUT2D eigenvalue weighted by Crippen LogP contribution is 2.18. The van der Waals surface area contributed by atoms with E-state index >= 15 is 0 Å². The van der Waals surface area contributed by atoms with Crippen molar-refractivity contribution in [3.8, 4) is 0 Å². The van der Waals surface area contributed by atoms with Gasteiger partial charge in [-0.25, -0.2) is 0 Å². The summed E-state index contributed by atoms with van der Waals surface area (Å²) in [5.41, 5.74) is 6.68. The van der Waals surface area contributed by atoms with Gasteiger partial charge in [-0.05, 0) is 38.3 Å². The van der Waals surface area contributed by atoms with E-state index in [0.717, 1.165) is 25.1 Å². The molecule has 102 valence electrons. The van der Waals surface area contributed by atoms with Crippen molar-refractivity contribution >= 4 is 0 Å². The minimum atomic E-state index is 0.142. The third kappa shape index (κ3) is 3.43. The fourth-order valence-electron chi connectivity index (χ4n) is 2.29. The van der Waals surface area contributed by atoms with Gasteiger partial charge in [-0.15, -0.1) is 0 Å². The molecule has 2 rings (SSSR count). The van der Waals surface area contributed by atoms with E-state index in [1.165, 1.54) is 11.1 Å². The largest absolute Gasteiger partial charge is 0.271 e. The van der Waals surface area contributed by atoms with Crippen LogP contribution in [0.4, 0.5) is 0 Å². The van der Waals surface area contributed by atoms with Crippen LogP contribution in [0.1, 0.15) is 36.2 Å². The molecule has 0 aliphatic rings. The summed E-state index contributed by atoms with van der Waals surface area (Å²) in [6.45, 7) is 5.06. The molecule has 19 heavy (non-hydrogen) atoms. The van der Waals surface area contributed by atoms with Crippen LogP contribution in [-0.4, -0.2) is 9.78 Å². The number of nitrogens with one attached hydrogen (secondary N) is 1. The van der Waals surface area contributed by atoms with Crippen LogP contribution in [0.3, 0.4) is 0 Å². The van der Waals surface area contributed by atoms with Gasteiger partial charge in [0.05, 0.1) is 11.7 Å². The van der Waals surface area contributed by atoms with Crippen LogP contribution < -0.4 is 11.3 Å². The molecule has 0 saturated carbocycles. The number of nitrogens with two attached hydrogens (primary N) is 1. The Labute approximate surface area is 114 Å². The van der Waals surface area contributed by atoms with Crippen LogP contribution in [0.5, 0.6) is 0 Å². The molecule has 3 N–H and O–H groups in total. The Balaban J connectivity index is 2.02. The second-order valence-electron chi connectivity index (χ2n) is 4.82. The summed E-state index contributed by atoms with van der Waals surface area (Å²) < 4.78 is 1.99. The second-order valence-corrected chi connectivity index (χ2v) is 4.82. The zero-order valence-corrected chi connectivity index (χ0v) is 11.6. The average Bonchev–Trinajstić information content (AvgIpc) is 2.90. The first-order chi connectivity index (χ1) is 9.24. The van der Waals surface area contributed by atoms with Crippen molar-refractivity contribution in [2.45, 2.75) is 39.3 Å². The summed E-state index contributed by atoms with van der Waals surface area (Å²) >= 11 is 0. The number of hydrazine groups is 1. The van der Waals surface area contributed by atoms with Gasteiger partial charge in [0.15, 0.2) is 0 Å². The van der Waals surface area contributed by atoms with E-state index in [1.807, 2.05) is 16.9 Å². The van der Waals surface area contributed by atoms with Gasteiger partial charge in [-0.2, -0.15) is 5.10 Å². The van der Waals surface area contributed by atoms with Gasteiger partial charge in [-0.1, -0.05) is 29.8 Å². The Morgan fingerprint density at radius 1 is 1.26 bits per heavy atom. The van der Waals surface area contributed by atoms with Crippen molar-refractivity contribution < 1.29 is 0 Å². The molecule has 2 aromatic rings. The SMILES string of the molecule is CCn1nccc1C(CCc1ccc(C)cc1)NN. The highest BCUT2D eigenvalue weighted by atomic mass is 15.3. The lowest BCUT2D eigenvalue weighted by atomic mass is 10.0. The van der Waals surface area contributed by atoms with E-state index in [-0.39, 0.29) is 6.04 Å². The van der Waals surface area contributed by atoms with Crippen molar-refractivity contribution in [2.24, 2.45) is 5.84 Å². The first kappa shape index (κ1) is 13.8. The monoisotopic (exact) mass is 258 g/mol. The van der Waals surface area contributed by atoms with Gasteiger partial charge < -0.3 is 0 Å². The zero-order chi connectivity index (χ0) is 13.7. The molecule has 0 spiro atoms. The van der Waals surface area contributed by atoms with Crippen molar-refractivity contribution in [3.63, 3.8) is 0 Å². The van der Waals surface area contributed by atoms with Crippen molar-refractivity contribution in [1.82, 2.24) is 15.2 Å². The van der Waals surface area contributed by atoms with E-state index in [0.29, 0.717) is 0 Å². The summed E-state index contributed by atoms with van der Waals surface area (Å²) in [5, 5.41) is 4.29. The molecule has 0 radical (unpaired) electrons. The predicted octanol–water partition coefficient (Wildman–Crippen LogP) is 2.35. The predicted molar refractivity (Wildman–Crippen MR) is 77.5 cm³/mol. The van der Waals surface area contributed by atoms with Gasteiger partial charge >= 0.3 is 0 Å². The molecule has 1 atom stereocenters. The van der Waals surface area contributed by atoms with E-state index in [4.69, 9.17) is 5.84 Å². The molecule has 4 heteroatoms. The fraction of sp³-hybridized carbons (Fsp3) is 0.400. The highest BCUT2D eigenvalue weighted by molar-refractivity contribution is 5.21. The molecule has 0 amide bonds. The smallest absolute Gasteiger partial charge is 0.0632 e. The summed E-state index contributed by atoms with van der Waals surface area (Å²) in [6, 6.07) is 10.8. The van der Waals surface area contributed by atoms with Crippen molar-refractivity contribution in [2.75, 3.05) is 0 Å². The molecule has 0 aliphatic heterocycles. The zero-order valence-electron chi connectivity index (χ0n) is 11.6. The van der Waals surface area contributed by atoms with Gasteiger partial charge in [0, 0.05) is 12.7 Å². The van der Waals surface area contributed by atoms with Crippen molar-refractivity contribution in [1.29, 1.82) is 0 Å². The standard InChI is InChI=1S/C15H22N4/c1-3-19-15(10-11-17-19)14(18-16)9-8-13-6-4-12(2)5-7-13/h4-7,10-11,14,18H,3,8-9,16H2,1-2H3. The van der Waals surface area contributed by atoms with Crippen molar-refractivity contribution in [3.05, 3.63) is 53.3 Å². The molecular formula is C15H22N4. The van der Waals surface area contributed by atoms with E-state index in [2.05, 4.69) is 48.6 Å². The van der Waals surface area contributed by atoms with Crippen LogP contribution in [0.2, 0.25) is 0 Å². The number of aromatic nitrogens is 2. The molecule has 0 bridgehead atoms. The maximum atomic E-state index is 5.68. The fourth-order valence-corrected chi connectivity index (χ4v) is 2.29. The third-order valence-corrected chi connectivity index (χ3v) is 3.45. The van der Waals surface area contributed by atoms with Crippen LogP contribution >= 0.6 is 0 Å². The molecule has 0 fully saturated rings. The molecule has 0 saturated heterocycles. The van der Waals surface area contributed by atoms with E-state index in [1.54, 1.807) is 0 Å². The molecule has 1 heterocycles. The van der Waals surface area contributed by atoms with Crippen LogP contribution in [0.15, 0.2) is 36.5 Å². The number of benzene rings is 1. The lowest BCUT2D eigenvalue weighted by molar-refractivity contribution is 0.467. The summed E-state index contributed by atoms with van der Waals surface area (Å²) in [7, 11) is 0. The first-order valence-corrected chi connectivity index (χ1v) is 6.78. The lowest BCUT2D eigenvalue weighted by Gasteiger charge is -2.17. The Bertz CT molecular complexity index is 501. The minimum Gasteiger partial charge on any atom is -0.271 e. The maximum Gasteiger partial charge on any atom is 0.0632 e. The van der Waals surface area contributed by atoms with Crippen LogP contribution in [-0.2, 0) is 13.0 Å². The quantitative estimate of drug-likeness (QED) is 0.617. The first-order valence-electron chi connectivity index (χ1n) is 6.78. The average molecular weight is 258 g/mol. The Kier molecular flexibility index (Phi) is 4.71.